The largest absolute Gasteiger partial charge is 0.351 e. The van der Waals surface area contributed by atoms with Gasteiger partial charge in [0.2, 0.25) is 5.82 Å². The van der Waals surface area contributed by atoms with Crippen molar-refractivity contribution in [3.63, 3.8) is 0 Å². The summed E-state index contributed by atoms with van der Waals surface area (Å²) in [5, 5.41) is 7.67. The lowest BCUT2D eigenvalue weighted by Gasteiger charge is -2.32. The van der Waals surface area contributed by atoms with Gasteiger partial charge in [0.05, 0.1) is 5.69 Å². The van der Waals surface area contributed by atoms with Crippen molar-refractivity contribution in [1.82, 2.24) is 30.5 Å². The average molecular weight is 453 g/mol. The van der Waals surface area contributed by atoms with Crippen LogP contribution in [0.4, 0.5) is 0 Å². The van der Waals surface area contributed by atoms with Gasteiger partial charge in [0, 0.05) is 52.9 Å². The molecule has 0 unspecified atom stereocenters. The molecule has 2 aromatic heterocycles. The minimum Gasteiger partial charge on any atom is -0.351 e. The van der Waals surface area contributed by atoms with Gasteiger partial charge in [-0.3, -0.25) is 14.5 Å². The Hall–Kier alpha value is -2.97. The van der Waals surface area contributed by atoms with Crippen molar-refractivity contribution in [2.24, 2.45) is 0 Å². The Balaban J connectivity index is 1.28. The third-order valence-electron chi connectivity index (χ3n) is 6.24. The number of aromatic amines is 1. The Kier molecular flexibility index (Phi) is 5.57. The van der Waals surface area contributed by atoms with Gasteiger partial charge in [-0.25, -0.2) is 9.97 Å². The van der Waals surface area contributed by atoms with Crippen molar-refractivity contribution in [2.45, 2.75) is 50.9 Å². The number of nitrogens with zero attached hydrogens (tertiary/aromatic N) is 3. The first-order chi connectivity index (χ1) is 15.5. The quantitative estimate of drug-likeness (QED) is 0.564. The molecule has 0 saturated heterocycles. The van der Waals surface area contributed by atoms with Crippen LogP contribution in [0.3, 0.4) is 0 Å². The number of carbonyl (C=O) groups excluding carboxylic acids is 2. The Labute approximate surface area is 190 Å². The summed E-state index contributed by atoms with van der Waals surface area (Å²) in [4.78, 5) is 39.8. The van der Waals surface area contributed by atoms with E-state index in [1.807, 2.05) is 19.2 Å². The van der Waals surface area contributed by atoms with E-state index in [-0.39, 0.29) is 29.7 Å². The van der Waals surface area contributed by atoms with E-state index in [1.165, 1.54) is 0 Å². The molecule has 0 radical (unpaired) electrons. The topological polar surface area (TPSA) is 103 Å². The lowest BCUT2D eigenvalue weighted by molar-refractivity contribution is 0.0855. The predicted octanol–water partition coefficient (Wildman–Crippen LogP) is 3.03. The molecule has 32 heavy (non-hydrogen) atoms. The van der Waals surface area contributed by atoms with Gasteiger partial charge in [0.25, 0.3) is 11.8 Å². The summed E-state index contributed by atoms with van der Waals surface area (Å²) < 4.78 is 0. The second-order valence-corrected chi connectivity index (χ2v) is 9.13. The van der Waals surface area contributed by atoms with Crippen molar-refractivity contribution >= 4 is 34.3 Å². The van der Waals surface area contributed by atoms with Crippen LogP contribution in [0.5, 0.6) is 0 Å². The SMILES string of the molecule is CN1Cc2cnc(C(=O)N[C@@H]3CCCC[C@@H]3NC(=O)c3cc4cc(Cl)ccc4[nH]3)nc2C1. The fourth-order valence-corrected chi connectivity index (χ4v) is 4.78. The molecule has 3 N–H and O–H groups in total. The Morgan fingerprint density at radius 1 is 1.09 bits per heavy atom. The van der Waals surface area contributed by atoms with Crippen molar-refractivity contribution in [3.05, 3.63) is 58.3 Å². The van der Waals surface area contributed by atoms with Crippen LogP contribution in [-0.2, 0) is 13.1 Å². The van der Waals surface area contributed by atoms with Crippen molar-refractivity contribution in [2.75, 3.05) is 7.05 Å². The molecular weight excluding hydrogens is 428 g/mol. The monoisotopic (exact) mass is 452 g/mol. The third-order valence-corrected chi connectivity index (χ3v) is 6.48. The summed E-state index contributed by atoms with van der Waals surface area (Å²) in [6.45, 7) is 1.52. The third kappa shape index (κ3) is 4.20. The number of hydrogen-bond donors (Lipinski definition) is 3. The zero-order valence-electron chi connectivity index (χ0n) is 17.8. The Morgan fingerprint density at radius 2 is 1.84 bits per heavy atom. The summed E-state index contributed by atoms with van der Waals surface area (Å²) in [6, 6.07) is 6.93. The molecule has 1 aliphatic heterocycles. The van der Waals surface area contributed by atoms with E-state index in [9.17, 15) is 9.59 Å². The zero-order valence-corrected chi connectivity index (χ0v) is 18.6. The lowest BCUT2D eigenvalue weighted by Crippen LogP contribution is -2.53. The molecule has 2 aliphatic rings. The second-order valence-electron chi connectivity index (χ2n) is 8.70. The molecular formula is C23H25ClN6O2. The smallest absolute Gasteiger partial charge is 0.289 e. The van der Waals surface area contributed by atoms with E-state index >= 15 is 0 Å². The van der Waals surface area contributed by atoms with E-state index in [0.717, 1.165) is 60.9 Å². The van der Waals surface area contributed by atoms with Crippen LogP contribution in [0.2, 0.25) is 5.02 Å². The minimum atomic E-state index is -0.297. The fraction of sp³-hybridized carbons (Fsp3) is 0.391. The summed E-state index contributed by atoms with van der Waals surface area (Å²) in [7, 11) is 2.01. The van der Waals surface area contributed by atoms with Gasteiger partial charge >= 0.3 is 0 Å². The molecule has 0 spiro atoms. The van der Waals surface area contributed by atoms with Gasteiger partial charge in [-0.05, 0) is 44.2 Å². The molecule has 1 aromatic carbocycles. The molecule has 1 aliphatic carbocycles. The first kappa shape index (κ1) is 20.9. The first-order valence-corrected chi connectivity index (χ1v) is 11.3. The van der Waals surface area contributed by atoms with Gasteiger partial charge in [-0.2, -0.15) is 0 Å². The number of carbonyl (C=O) groups is 2. The molecule has 9 heteroatoms. The summed E-state index contributed by atoms with van der Waals surface area (Å²) in [5.41, 5.74) is 3.29. The molecule has 2 amide bonds. The van der Waals surface area contributed by atoms with E-state index < -0.39 is 0 Å². The van der Waals surface area contributed by atoms with Crippen LogP contribution in [0.15, 0.2) is 30.5 Å². The Bertz CT molecular complexity index is 1190. The number of benzene rings is 1. The van der Waals surface area contributed by atoms with E-state index in [1.54, 1.807) is 18.3 Å². The molecule has 3 heterocycles. The number of nitrogens with one attached hydrogen (secondary N) is 3. The normalized spacial score (nSPS) is 20.8. The average Bonchev–Trinajstić information content (AvgIpc) is 3.36. The zero-order chi connectivity index (χ0) is 22.2. The molecule has 1 fully saturated rings. The van der Waals surface area contributed by atoms with Crippen LogP contribution >= 0.6 is 11.6 Å². The number of fused-ring (bicyclic) bond motifs is 2. The summed E-state index contributed by atoms with van der Waals surface area (Å²) >= 11 is 6.05. The van der Waals surface area contributed by atoms with Crippen molar-refractivity contribution < 1.29 is 9.59 Å². The van der Waals surface area contributed by atoms with Gasteiger partial charge in [-0.15, -0.1) is 0 Å². The highest BCUT2D eigenvalue weighted by Crippen LogP contribution is 2.23. The predicted molar refractivity (Wildman–Crippen MR) is 121 cm³/mol. The maximum Gasteiger partial charge on any atom is 0.289 e. The number of amides is 2. The van der Waals surface area contributed by atoms with Gasteiger partial charge in [0.1, 0.15) is 5.69 Å². The lowest BCUT2D eigenvalue weighted by atomic mass is 9.90. The molecule has 1 saturated carbocycles. The molecule has 8 nitrogen and oxygen atoms in total. The highest BCUT2D eigenvalue weighted by Gasteiger charge is 2.30. The fourth-order valence-electron chi connectivity index (χ4n) is 4.60. The van der Waals surface area contributed by atoms with Crippen LogP contribution in [0.1, 0.15) is 58.0 Å². The van der Waals surface area contributed by atoms with Crippen LogP contribution in [0.25, 0.3) is 10.9 Å². The van der Waals surface area contributed by atoms with Crippen molar-refractivity contribution in [3.8, 4) is 0 Å². The standard InChI is InChI=1S/C23H25ClN6O2/c1-30-11-14-10-25-21(27-20(14)12-30)23(32)29-18-5-3-2-4-17(18)28-22(31)19-9-13-8-15(24)6-7-16(13)26-19/h6-10,17-18,26H,2-5,11-12H2,1H3,(H,28,31)(H,29,32)/t17-,18+/m0/s1. The maximum absolute atomic E-state index is 12.9. The van der Waals surface area contributed by atoms with Crippen molar-refractivity contribution in [1.29, 1.82) is 0 Å². The number of rotatable bonds is 4. The Morgan fingerprint density at radius 3 is 2.62 bits per heavy atom. The van der Waals surface area contributed by atoms with Crippen LogP contribution in [0, 0.1) is 0 Å². The first-order valence-electron chi connectivity index (χ1n) is 10.9. The highest BCUT2D eigenvalue weighted by atomic mass is 35.5. The minimum absolute atomic E-state index is 0.157. The number of halogens is 1. The molecule has 0 bridgehead atoms. The molecule has 5 rings (SSSR count). The van der Waals surface area contributed by atoms with Gasteiger partial charge in [-0.1, -0.05) is 24.4 Å². The molecule has 166 valence electrons. The summed E-state index contributed by atoms with van der Waals surface area (Å²) in [6.07, 6.45) is 5.34. The van der Waals surface area contributed by atoms with Gasteiger partial charge in [0.15, 0.2) is 0 Å². The molecule has 2 atom stereocenters. The molecule has 3 aromatic rings. The maximum atomic E-state index is 12.9. The number of H-pyrrole nitrogens is 1. The van der Waals surface area contributed by atoms with Crippen LogP contribution < -0.4 is 10.6 Å². The number of aromatic nitrogens is 3. The number of hydrogen-bond acceptors (Lipinski definition) is 5. The van der Waals surface area contributed by atoms with E-state index in [4.69, 9.17) is 11.6 Å². The van der Waals surface area contributed by atoms with Gasteiger partial charge < -0.3 is 15.6 Å². The van der Waals surface area contributed by atoms with E-state index in [0.29, 0.717) is 10.7 Å². The second kappa shape index (κ2) is 8.52. The highest BCUT2D eigenvalue weighted by molar-refractivity contribution is 6.31. The van der Waals surface area contributed by atoms with Crippen LogP contribution in [-0.4, -0.2) is 50.8 Å². The summed E-state index contributed by atoms with van der Waals surface area (Å²) in [5.74, 6) is -0.309. The van der Waals surface area contributed by atoms with E-state index in [2.05, 4.69) is 30.5 Å².